The van der Waals surface area contributed by atoms with Crippen molar-refractivity contribution >= 4 is 47.1 Å². The van der Waals surface area contributed by atoms with Crippen LogP contribution in [0.5, 0.6) is 0 Å². The van der Waals surface area contributed by atoms with E-state index >= 15 is 0 Å². The second-order valence-corrected chi connectivity index (χ2v) is 5.21. The Morgan fingerprint density at radius 3 is 2.44 bits per heavy atom. The SMILES string of the molecule is CCOC(=O)C(=Cn1c(=S)[nH]c2ccc([NH+]([O-])O)cc21)C(=O)OCC. The van der Waals surface area contributed by atoms with Crippen molar-refractivity contribution in [3.05, 3.63) is 33.8 Å². The van der Waals surface area contributed by atoms with Gasteiger partial charge in [-0.2, -0.15) is 5.23 Å². The van der Waals surface area contributed by atoms with Crippen LogP contribution in [0.1, 0.15) is 13.8 Å². The van der Waals surface area contributed by atoms with Crippen LogP contribution in [-0.4, -0.2) is 39.9 Å². The van der Waals surface area contributed by atoms with Crippen molar-refractivity contribution in [2.45, 2.75) is 13.8 Å². The molecule has 0 aliphatic rings. The third-order valence-electron chi connectivity index (χ3n) is 3.21. The number of aromatic amines is 1. The second kappa shape index (κ2) is 8.03. The smallest absolute Gasteiger partial charge is 0.347 e. The van der Waals surface area contributed by atoms with Gasteiger partial charge >= 0.3 is 11.9 Å². The number of quaternary nitrogens is 1. The molecule has 1 unspecified atom stereocenters. The molecule has 2 aromatic rings. The summed E-state index contributed by atoms with van der Waals surface area (Å²) in [4.78, 5) is 27.0. The Morgan fingerprint density at radius 1 is 1.32 bits per heavy atom. The number of rotatable bonds is 6. The molecule has 1 atom stereocenters. The maximum Gasteiger partial charge on any atom is 0.347 e. The van der Waals surface area contributed by atoms with E-state index in [0.717, 1.165) is 0 Å². The number of hydrogen-bond donors (Lipinski definition) is 3. The molecule has 9 nitrogen and oxygen atoms in total. The molecule has 0 fully saturated rings. The topological polar surface area (TPSA) is 121 Å². The molecule has 0 aliphatic heterocycles. The second-order valence-electron chi connectivity index (χ2n) is 4.82. The van der Waals surface area contributed by atoms with Gasteiger partial charge in [0, 0.05) is 18.3 Å². The van der Waals surface area contributed by atoms with Gasteiger partial charge in [-0.25, -0.2) is 14.8 Å². The van der Waals surface area contributed by atoms with E-state index in [1.54, 1.807) is 19.9 Å². The number of aromatic nitrogens is 2. The number of carbonyl (C=O) groups excluding carboxylic acids is 2. The molecule has 0 saturated carbocycles. The van der Waals surface area contributed by atoms with E-state index in [1.807, 2.05) is 0 Å². The molecule has 25 heavy (non-hydrogen) atoms. The summed E-state index contributed by atoms with van der Waals surface area (Å²) >= 11 is 5.19. The highest BCUT2D eigenvalue weighted by Crippen LogP contribution is 2.19. The number of fused-ring (bicyclic) bond motifs is 1. The van der Waals surface area contributed by atoms with Crippen LogP contribution < -0.4 is 5.23 Å². The van der Waals surface area contributed by atoms with Gasteiger partial charge in [0.25, 0.3) is 0 Å². The summed E-state index contributed by atoms with van der Waals surface area (Å²) in [6, 6.07) is 4.35. The Balaban J connectivity index is 2.63. The lowest BCUT2D eigenvalue weighted by Gasteiger charge is -2.11. The molecule has 2 rings (SSSR count). The first-order valence-corrected chi connectivity index (χ1v) is 7.83. The van der Waals surface area contributed by atoms with Gasteiger partial charge in [0.2, 0.25) is 0 Å². The molecule has 0 amide bonds. The van der Waals surface area contributed by atoms with Crippen molar-refractivity contribution < 1.29 is 29.5 Å². The highest BCUT2D eigenvalue weighted by molar-refractivity contribution is 7.71. The van der Waals surface area contributed by atoms with Crippen molar-refractivity contribution in [3.63, 3.8) is 0 Å². The fourth-order valence-corrected chi connectivity index (χ4v) is 2.38. The number of carbonyl (C=O) groups is 2. The number of benzene rings is 1. The molecule has 0 saturated heterocycles. The van der Waals surface area contributed by atoms with Crippen molar-refractivity contribution in [1.82, 2.24) is 9.55 Å². The van der Waals surface area contributed by atoms with Crippen LogP contribution in [0.3, 0.4) is 0 Å². The summed E-state index contributed by atoms with van der Waals surface area (Å²) in [6.45, 7) is 3.38. The summed E-state index contributed by atoms with van der Waals surface area (Å²) in [5.74, 6) is -1.71. The minimum Gasteiger partial charge on any atom is -0.595 e. The average Bonchev–Trinajstić information content (AvgIpc) is 2.87. The summed E-state index contributed by atoms with van der Waals surface area (Å²) in [6.07, 6.45) is 1.18. The molecule has 1 aromatic heterocycles. The third kappa shape index (κ3) is 4.12. The number of H-pyrrole nitrogens is 1. The molecule has 0 radical (unpaired) electrons. The fraction of sp³-hybridized carbons (Fsp3) is 0.267. The molecule has 1 heterocycles. The first kappa shape index (κ1) is 18.8. The van der Waals surface area contributed by atoms with Crippen LogP contribution in [0.4, 0.5) is 5.69 Å². The average molecular weight is 367 g/mol. The maximum absolute atomic E-state index is 12.1. The van der Waals surface area contributed by atoms with Gasteiger partial charge in [-0.1, -0.05) is 0 Å². The number of ether oxygens (including phenoxy) is 2. The standard InChI is InChI=1S/C15H17N3O6S/c1-3-23-13(19)10(14(20)24-4-2)8-17-12-7-9(18(21)22)5-6-11(12)16-15(17)25/h5-8,18,21H,3-4H2,1-2H3,(H,16,25). The summed E-state index contributed by atoms with van der Waals surface area (Å²) in [7, 11) is 0. The highest BCUT2D eigenvalue weighted by Gasteiger charge is 2.22. The molecular formula is C15H17N3O6S. The minimum absolute atomic E-state index is 0.0393. The molecule has 0 spiro atoms. The monoisotopic (exact) mass is 367 g/mol. The van der Waals surface area contributed by atoms with E-state index in [0.29, 0.717) is 11.0 Å². The predicted octanol–water partition coefficient (Wildman–Crippen LogP) is 1.07. The first-order chi connectivity index (χ1) is 11.9. The Morgan fingerprint density at radius 2 is 1.92 bits per heavy atom. The highest BCUT2D eigenvalue weighted by atomic mass is 32.1. The molecule has 10 heteroatoms. The number of hydrogen-bond acceptors (Lipinski definition) is 7. The van der Waals surface area contributed by atoms with E-state index in [9.17, 15) is 14.8 Å². The van der Waals surface area contributed by atoms with Crippen LogP contribution >= 0.6 is 12.2 Å². The lowest BCUT2D eigenvalue weighted by atomic mass is 10.2. The molecule has 3 N–H and O–H groups in total. The van der Waals surface area contributed by atoms with Crippen molar-refractivity contribution in [1.29, 1.82) is 0 Å². The van der Waals surface area contributed by atoms with Gasteiger partial charge in [-0.15, -0.1) is 0 Å². The van der Waals surface area contributed by atoms with Gasteiger partial charge in [0.15, 0.2) is 16.0 Å². The molecular weight excluding hydrogens is 350 g/mol. The number of imidazole rings is 1. The Labute approximate surface area is 147 Å². The van der Waals surface area contributed by atoms with E-state index in [2.05, 4.69) is 4.98 Å². The van der Waals surface area contributed by atoms with Crippen LogP contribution in [0.2, 0.25) is 0 Å². The van der Waals surface area contributed by atoms with Gasteiger partial charge in [-0.05, 0) is 32.1 Å². The lowest BCUT2D eigenvalue weighted by molar-refractivity contribution is -0.991. The lowest BCUT2D eigenvalue weighted by Crippen LogP contribution is -2.99. The van der Waals surface area contributed by atoms with E-state index in [4.69, 9.17) is 26.9 Å². The summed E-state index contributed by atoms with van der Waals surface area (Å²) in [5.41, 5.74) is 0.646. The number of nitrogens with one attached hydrogen (secondary N) is 2. The molecule has 1 aromatic carbocycles. The minimum atomic E-state index is -1.11. The van der Waals surface area contributed by atoms with Gasteiger partial charge in [0.1, 0.15) is 0 Å². The zero-order valence-corrected chi connectivity index (χ0v) is 14.4. The maximum atomic E-state index is 12.1. The van der Waals surface area contributed by atoms with Crippen LogP contribution in [0.15, 0.2) is 23.8 Å². The Bertz CT molecular complexity index is 863. The van der Waals surface area contributed by atoms with Crippen LogP contribution in [0, 0.1) is 9.98 Å². The van der Waals surface area contributed by atoms with Gasteiger partial charge in [0.05, 0.1) is 24.2 Å². The van der Waals surface area contributed by atoms with E-state index in [1.165, 1.54) is 22.9 Å². The normalized spacial score (nSPS) is 11.8. The van der Waals surface area contributed by atoms with Crippen LogP contribution in [0.25, 0.3) is 17.2 Å². The third-order valence-corrected chi connectivity index (χ3v) is 3.51. The van der Waals surface area contributed by atoms with Crippen molar-refractivity contribution in [3.8, 4) is 0 Å². The predicted molar refractivity (Wildman–Crippen MR) is 90.4 cm³/mol. The zero-order valence-electron chi connectivity index (χ0n) is 13.6. The fourth-order valence-electron chi connectivity index (χ4n) is 2.12. The largest absolute Gasteiger partial charge is 0.595 e. The Kier molecular flexibility index (Phi) is 6.04. The van der Waals surface area contributed by atoms with E-state index < -0.39 is 17.2 Å². The quantitative estimate of drug-likeness (QED) is 0.174. The van der Waals surface area contributed by atoms with E-state index in [-0.39, 0.29) is 29.2 Å². The number of nitrogens with zero attached hydrogens (tertiary/aromatic N) is 1. The van der Waals surface area contributed by atoms with Crippen molar-refractivity contribution in [2.24, 2.45) is 0 Å². The molecule has 0 aliphatic carbocycles. The first-order valence-electron chi connectivity index (χ1n) is 7.42. The number of esters is 2. The zero-order chi connectivity index (χ0) is 18.6. The molecule has 0 bridgehead atoms. The van der Waals surface area contributed by atoms with Gasteiger partial charge < -0.3 is 19.7 Å². The van der Waals surface area contributed by atoms with Crippen molar-refractivity contribution in [2.75, 3.05) is 13.2 Å². The summed E-state index contributed by atoms with van der Waals surface area (Å²) in [5, 5.41) is 19.2. The van der Waals surface area contributed by atoms with Gasteiger partial charge in [-0.3, -0.25) is 4.57 Å². The summed E-state index contributed by atoms with van der Waals surface area (Å²) < 4.78 is 11.3. The Hall–Kier alpha value is -2.53. The van der Waals surface area contributed by atoms with Crippen LogP contribution in [-0.2, 0) is 19.1 Å². The molecule has 134 valence electrons.